The zero-order chi connectivity index (χ0) is 16.2. The molecule has 0 bridgehead atoms. The Morgan fingerprint density at radius 2 is 1.96 bits per heavy atom. The molecule has 0 aliphatic carbocycles. The molecule has 1 aromatic heterocycles. The Morgan fingerprint density at radius 3 is 2.70 bits per heavy atom. The zero-order valence-electron chi connectivity index (χ0n) is 13.2. The molecule has 116 valence electrons. The summed E-state index contributed by atoms with van der Waals surface area (Å²) in [4.78, 5) is 11.9. The van der Waals surface area contributed by atoms with Gasteiger partial charge in [0.1, 0.15) is 6.54 Å². The molecule has 0 aliphatic rings. The van der Waals surface area contributed by atoms with Crippen molar-refractivity contribution in [2.24, 2.45) is 5.10 Å². The van der Waals surface area contributed by atoms with E-state index >= 15 is 0 Å². The Morgan fingerprint density at radius 1 is 1.17 bits per heavy atom. The van der Waals surface area contributed by atoms with Crippen LogP contribution in [0.4, 0.5) is 0 Å². The van der Waals surface area contributed by atoms with Crippen molar-refractivity contribution in [2.45, 2.75) is 20.4 Å². The molecule has 1 heterocycles. The number of hydrogen-bond donors (Lipinski definition) is 1. The number of hydrogen-bond acceptors (Lipinski definition) is 3. The zero-order valence-corrected chi connectivity index (χ0v) is 13.2. The number of aromatic nitrogens is 2. The molecule has 0 aliphatic heterocycles. The maximum atomic E-state index is 11.9. The van der Waals surface area contributed by atoms with E-state index in [9.17, 15) is 4.79 Å². The number of rotatable bonds is 4. The number of amides is 1. The molecule has 5 nitrogen and oxygen atoms in total. The van der Waals surface area contributed by atoms with Crippen molar-refractivity contribution in [3.63, 3.8) is 0 Å². The lowest BCUT2D eigenvalue weighted by molar-refractivity contribution is -0.121. The van der Waals surface area contributed by atoms with Gasteiger partial charge in [-0.25, -0.2) is 5.43 Å². The fourth-order valence-electron chi connectivity index (χ4n) is 2.47. The first kappa shape index (κ1) is 15.0. The largest absolute Gasteiger partial charge is 0.271 e. The van der Waals surface area contributed by atoms with Gasteiger partial charge < -0.3 is 0 Å². The SMILES string of the molecule is Cc1cc(C)n(CC(=O)N/N=C\c2ccc3ccccc3c2)n1. The van der Waals surface area contributed by atoms with Crippen LogP contribution in [0.2, 0.25) is 0 Å². The Bertz CT molecular complexity index is 880. The van der Waals surface area contributed by atoms with Crippen molar-refractivity contribution in [3.8, 4) is 0 Å². The second kappa shape index (κ2) is 6.44. The maximum Gasteiger partial charge on any atom is 0.261 e. The minimum Gasteiger partial charge on any atom is -0.271 e. The first-order valence-electron chi connectivity index (χ1n) is 7.43. The van der Waals surface area contributed by atoms with Crippen molar-refractivity contribution in [2.75, 3.05) is 0 Å². The van der Waals surface area contributed by atoms with Crippen LogP contribution in [0.3, 0.4) is 0 Å². The van der Waals surface area contributed by atoms with Crippen LogP contribution in [0.5, 0.6) is 0 Å². The summed E-state index contributed by atoms with van der Waals surface area (Å²) < 4.78 is 1.66. The predicted molar refractivity (Wildman–Crippen MR) is 91.4 cm³/mol. The number of nitrogens with zero attached hydrogens (tertiary/aromatic N) is 3. The number of benzene rings is 2. The van der Waals surface area contributed by atoms with Crippen molar-refractivity contribution in [1.82, 2.24) is 15.2 Å². The number of aryl methyl sites for hydroxylation is 2. The van der Waals surface area contributed by atoms with Gasteiger partial charge in [0, 0.05) is 5.69 Å². The van der Waals surface area contributed by atoms with Crippen LogP contribution >= 0.6 is 0 Å². The topological polar surface area (TPSA) is 59.3 Å². The van der Waals surface area contributed by atoms with E-state index in [1.165, 1.54) is 5.39 Å². The van der Waals surface area contributed by atoms with E-state index in [0.717, 1.165) is 22.3 Å². The molecular formula is C18H18N4O. The Labute approximate surface area is 134 Å². The number of hydrazone groups is 1. The Kier molecular flexibility index (Phi) is 4.19. The highest BCUT2D eigenvalue weighted by Gasteiger charge is 2.05. The average Bonchev–Trinajstić information content (AvgIpc) is 2.84. The Hall–Kier alpha value is -2.95. The van der Waals surface area contributed by atoms with Crippen LogP contribution in [0.15, 0.2) is 53.6 Å². The van der Waals surface area contributed by atoms with Crippen molar-refractivity contribution in [1.29, 1.82) is 0 Å². The van der Waals surface area contributed by atoms with Gasteiger partial charge >= 0.3 is 0 Å². The fourth-order valence-corrected chi connectivity index (χ4v) is 2.47. The van der Waals surface area contributed by atoms with Crippen LogP contribution in [0.1, 0.15) is 17.0 Å². The van der Waals surface area contributed by atoms with Crippen LogP contribution in [0.25, 0.3) is 10.8 Å². The lowest BCUT2D eigenvalue weighted by atomic mass is 10.1. The molecule has 0 saturated heterocycles. The van der Waals surface area contributed by atoms with Gasteiger partial charge in [0.25, 0.3) is 5.91 Å². The summed E-state index contributed by atoms with van der Waals surface area (Å²) in [7, 11) is 0. The summed E-state index contributed by atoms with van der Waals surface area (Å²) in [6, 6.07) is 16.1. The molecular weight excluding hydrogens is 288 g/mol. The summed E-state index contributed by atoms with van der Waals surface area (Å²) in [5, 5.41) is 10.6. The maximum absolute atomic E-state index is 11.9. The van der Waals surface area contributed by atoms with E-state index in [1.807, 2.05) is 56.3 Å². The van der Waals surface area contributed by atoms with Gasteiger partial charge in [-0.15, -0.1) is 0 Å². The van der Waals surface area contributed by atoms with Gasteiger partial charge in [0.05, 0.1) is 11.9 Å². The van der Waals surface area contributed by atoms with Crippen molar-refractivity contribution >= 4 is 22.9 Å². The molecule has 1 amide bonds. The van der Waals surface area contributed by atoms with E-state index < -0.39 is 0 Å². The highest BCUT2D eigenvalue weighted by Crippen LogP contribution is 2.14. The second-order valence-corrected chi connectivity index (χ2v) is 5.48. The average molecular weight is 306 g/mol. The van der Waals surface area contributed by atoms with Crippen molar-refractivity contribution in [3.05, 3.63) is 65.5 Å². The molecule has 0 fully saturated rings. The lowest BCUT2D eigenvalue weighted by Crippen LogP contribution is -2.24. The van der Waals surface area contributed by atoms with Crippen LogP contribution in [0, 0.1) is 13.8 Å². The van der Waals surface area contributed by atoms with Gasteiger partial charge in [0.15, 0.2) is 0 Å². The normalized spacial score (nSPS) is 11.2. The van der Waals surface area contributed by atoms with Crippen LogP contribution in [-0.4, -0.2) is 21.9 Å². The number of carbonyl (C=O) groups is 1. The Balaban J connectivity index is 1.63. The van der Waals surface area contributed by atoms with Gasteiger partial charge in [-0.1, -0.05) is 36.4 Å². The molecule has 23 heavy (non-hydrogen) atoms. The lowest BCUT2D eigenvalue weighted by Gasteiger charge is -2.03. The van der Waals surface area contributed by atoms with Gasteiger partial charge in [-0.2, -0.15) is 10.2 Å². The highest BCUT2D eigenvalue weighted by atomic mass is 16.2. The monoisotopic (exact) mass is 306 g/mol. The molecule has 0 radical (unpaired) electrons. The number of nitrogens with one attached hydrogen (secondary N) is 1. The second-order valence-electron chi connectivity index (χ2n) is 5.48. The van der Waals surface area contributed by atoms with Crippen molar-refractivity contribution < 1.29 is 4.79 Å². The first-order chi connectivity index (χ1) is 11.1. The van der Waals surface area contributed by atoms with Gasteiger partial charge in [0.2, 0.25) is 0 Å². The summed E-state index contributed by atoms with van der Waals surface area (Å²) in [6.07, 6.45) is 1.64. The molecule has 3 aromatic rings. The van der Waals surface area contributed by atoms with E-state index in [2.05, 4.69) is 21.7 Å². The molecule has 5 heteroatoms. The van der Waals surface area contributed by atoms with Crippen LogP contribution < -0.4 is 5.43 Å². The minimum absolute atomic E-state index is 0.161. The predicted octanol–water partition coefficient (Wildman–Crippen LogP) is 2.80. The number of carbonyl (C=O) groups excluding carboxylic acids is 1. The quantitative estimate of drug-likeness (QED) is 0.595. The molecule has 3 rings (SSSR count). The molecule has 0 saturated carbocycles. The molecule has 0 atom stereocenters. The summed E-state index contributed by atoms with van der Waals surface area (Å²) in [5.41, 5.74) is 5.33. The minimum atomic E-state index is -0.201. The van der Waals surface area contributed by atoms with E-state index in [4.69, 9.17) is 0 Å². The van der Waals surface area contributed by atoms with E-state index in [1.54, 1.807) is 10.9 Å². The third-order valence-corrected chi connectivity index (χ3v) is 3.57. The third kappa shape index (κ3) is 3.63. The molecule has 1 N–H and O–H groups in total. The van der Waals surface area contributed by atoms with Crippen LogP contribution in [-0.2, 0) is 11.3 Å². The summed E-state index contributed by atoms with van der Waals surface area (Å²) >= 11 is 0. The van der Waals surface area contributed by atoms with E-state index in [-0.39, 0.29) is 12.5 Å². The number of fused-ring (bicyclic) bond motifs is 1. The summed E-state index contributed by atoms with van der Waals surface area (Å²) in [5.74, 6) is -0.201. The molecule has 0 spiro atoms. The first-order valence-corrected chi connectivity index (χ1v) is 7.43. The van der Waals surface area contributed by atoms with Gasteiger partial charge in [-0.3, -0.25) is 9.48 Å². The van der Waals surface area contributed by atoms with E-state index in [0.29, 0.717) is 0 Å². The summed E-state index contributed by atoms with van der Waals surface area (Å²) in [6.45, 7) is 3.99. The molecule has 0 unspecified atom stereocenters. The molecule has 2 aromatic carbocycles. The standard InChI is InChI=1S/C18H18N4O/c1-13-9-14(2)22(21-13)12-18(23)20-19-11-15-7-8-16-5-3-4-6-17(16)10-15/h3-11H,12H2,1-2H3,(H,20,23)/b19-11-. The van der Waals surface area contributed by atoms with Gasteiger partial charge in [-0.05, 0) is 42.3 Å². The smallest absolute Gasteiger partial charge is 0.261 e. The fraction of sp³-hybridized carbons (Fsp3) is 0.167. The highest BCUT2D eigenvalue weighted by molar-refractivity contribution is 5.90. The third-order valence-electron chi connectivity index (χ3n) is 3.57.